The number of nitrogens with one attached hydrogen (secondary N) is 2. The number of sulfonamides is 1. The molecule has 0 aromatic heterocycles. The first-order valence-corrected chi connectivity index (χ1v) is 10.4. The first-order valence-electron chi connectivity index (χ1n) is 8.20. The van der Waals surface area contributed by atoms with Gasteiger partial charge in [0, 0.05) is 21.3 Å². The van der Waals surface area contributed by atoms with E-state index in [2.05, 4.69) is 10.0 Å². The normalized spacial score (nSPS) is 11.1. The Kier molecular flexibility index (Phi) is 5.93. The molecule has 2 N–H and O–H groups in total. The zero-order valence-corrected chi connectivity index (χ0v) is 17.1. The number of carbonyl (C=O) groups excluding carboxylic acids is 1. The zero-order valence-electron chi connectivity index (χ0n) is 14.7. The second-order valence-electron chi connectivity index (χ2n) is 6.06. The van der Waals surface area contributed by atoms with E-state index in [1.54, 1.807) is 37.3 Å². The van der Waals surface area contributed by atoms with E-state index in [1.165, 1.54) is 30.3 Å². The van der Waals surface area contributed by atoms with Crippen molar-refractivity contribution in [2.45, 2.75) is 11.8 Å². The summed E-state index contributed by atoms with van der Waals surface area (Å²) in [5, 5.41) is 3.42. The Morgan fingerprint density at radius 3 is 2.14 bits per heavy atom. The maximum atomic E-state index is 12.6. The summed E-state index contributed by atoms with van der Waals surface area (Å²) in [6, 6.07) is 17.6. The van der Waals surface area contributed by atoms with Crippen molar-refractivity contribution < 1.29 is 13.2 Å². The molecule has 0 unspecified atom stereocenters. The number of halogens is 2. The molecule has 0 aliphatic carbocycles. The van der Waals surface area contributed by atoms with E-state index in [0.717, 1.165) is 0 Å². The lowest BCUT2D eigenvalue weighted by atomic mass is 10.1. The average Bonchev–Trinajstić information content (AvgIpc) is 2.62. The van der Waals surface area contributed by atoms with E-state index >= 15 is 0 Å². The summed E-state index contributed by atoms with van der Waals surface area (Å²) in [4.78, 5) is 12.3. The number of carbonyl (C=O) groups is 1. The van der Waals surface area contributed by atoms with Crippen molar-refractivity contribution in [2.75, 3.05) is 10.0 Å². The van der Waals surface area contributed by atoms with Crippen molar-refractivity contribution in [1.29, 1.82) is 0 Å². The molecule has 3 aromatic rings. The highest BCUT2D eigenvalue weighted by Crippen LogP contribution is 2.26. The van der Waals surface area contributed by atoms with Crippen LogP contribution < -0.4 is 10.0 Å². The molecule has 28 heavy (non-hydrogen) atoms. The molecule has 0 atom stereocenters. The molecule has 0 radical (unpaired) electrons. The highest BCUT2D eigenvalue weighted by atomic mass is 35.5. The van der Waals surface area contributed by atoms with Crippen LogP contribution in [0.4, 0.5) is 11.4 Å². The summed E-state index contributed by atoms with van der Waals surface area (Å²) in [7, 11) is -3.85. The quantitative estimate of drug-likeness (QED) is 0.567. The summed E-state index contributed by atoms with van der Waals surface area (Å²) >= 11 is 11.8. The molecule has 3 rings (SSSR count). The van der Waals surface area contributed by atoms with E-state index in [0.29, 0.717) is 26.9 Å². The third-order valence-corrected chi connectivity index (χ3v) is 5.72. The highest BCUT2D eigenvalue weighted by Gasteiger charge is 2.17. The third-order valence-electron chi connectivity index (χ3n) is 3.91. The topological polar surface area (TPSA) is 75.3 Å². The maximum absolute atomic E-state index is 12.6. The van der Waals surface area contributed by atoms with Gasteiger partial charge in [-0.05, 0) is 61.0 Å². The van der Waals surface area contributed by atoms with Gasteiger partial charge in [-0.2, -0.15) is 0 Å². The van der Waals surface area contributed by atoms with Crippen LogP contribution in [0.2, 0.25) is 10.0 Å². The average molecular weight is 435 g/mol. The minimum Gasteiger partial charge on any atom is -0.322 e. The number of benzene rings is 3. The third kappa shape index (κ3) is 4.84. The van der Waals surface area contributed by atoms with E-state index in [4.69, 9.17) is 23.2 Å². The number of anilines is 2. The number of aryl methyl sites for hydroxylation is 1. The molecule has 3 aromatic carbocycles. The first kappa shape index (κ1) is 20.2. The Balaban J connectivity index is 1.81. The Hall–Kier alpha value is -2.54. The van der Waals surface area contributed by atoms with Crippen LogP contribution in [0, 0.1) is 6.92 Å². The number of amides is 1. The van der Waals surface area contributed by atoms with Crippen LogP contribution in [0.5, 0.6) is 0 Å². The van der Waals surface area contributed by atoms with Crippen molar-refractivity contribution in [3.8, 4) is 0 Å². The van der Waals surface area contributed by atoms with Crippen LogP contribution in [0.25, 0.3) is 0 Å². The second-order valence-corrected chi connectivity index (χ2v) is 8.62. The predicted molar refractivity (Wildman–Crippen MR) is 113 cm³/mol. The van der Waals surface area contributed by atoms with Gasteiger partial charge in [0.25, 0.3) is 15.9 Å². The SMILES string of the molecule is Cc1cc(S(=O)(=O)Nc2cc(Cl)cc(Cl)c2)ccc1NC(=O)c1ccccc1. The van der Waals surface area contributed by atoms with Gasteiger partial charge in [0.2, 0.25) is 0 Å². The summed E-state index contributed by atoms with van der Waals surface area (Å²) in [5.41, 5.74) is 1.91. The van der Waals surface area contributed by atoms with E-state index in [-0.39, 0.29) is 16.5 Å². The van der Waals surface area contributed by atoms with Crippen LogP contribution in [-0.2, 0) is 10.0 Å². The lowest BCUT2D eigenvalue weighted by molar-refractivity contribution is 0.102. The minimum absolute atomic E-state index is 0.0545. The number of rotatable bonds is 5. The van der Waals surface area contributed by atoms with Gasteiger partial charge in [0.1, 0.15) is 0 Å². The summed E-state index contributed by atoms with van der Waals surface area (Å²) < 4.78 is 27.7. The van der Waals surface area contributed by atoms with Crippen molar-refractivity contribution >= 4 is 50.5 Å². The highest BCUT2D eigenvalue weighted by molar-refractivity contribution is 7.92. The fourth-order valence-electron chi connectivity index (χ4n) is 2.55. The van der Waals surface area contributed by atoms with E-state index < -0.39 is 10.0 Å². The molecule has 144 valence electrons. The smallest absolute Gasteiger partial charge is 0.261 e. The van der Waals surface area contributed by atoms with Gasteiger partial charge in [0.15, 0.2) is 0 Å². The molecule has 0 aliphatic heterocycles. The summed E-state index contributed by atoms with van der Waals surface area (Å²) in [5.74, 6) is -0.272. The lowest BCUT2D eigenvalue weighted by Gasteiger charge is -2.12. The molecular formula is C20H16Cl2N2O3S. The molecule has 0 aliphatic rings. The van der Waals surface area contributed by atoms with Gasteiger partial charge < -0.3 is 5.32 Å². The predicted octanol–water partition coefficient (Wildman–Crippen LogP) is 5.35. The molecular weight excluding hydrogens is 419 g/mol. The van der Waals surface area contributed by atoms with Crippen LogP contribution in [0.15, 0.2) is 71.6 Å². The van der Waals surface area contributed by atoms with Crippen LogP contribution in [0.1, 0.15) is 15.9 Å². The first-order chi connectivity index (χ1) is 13.2. The van der Waals surface area contributed by atoms with Gasteiger partial charge in [-0.1, -0.05) is 41.4 Å². The van der Waals surface area contributed by atoms with Gasteiger partial charge >= 0.3 is 0 Å². The standard InChI is InChI=1S/C20H16Cl2N2O3S/c1-13-9-18(28(26,27)24-17-11-15(21)10-16(22)12-17)7-8-19(13)23-20(25)14-5-3-2-4-6-14/h2-12,24H,1H3,(H,23,25). The Bertz CT molecular complexity index is 1110. The fourth-order valence-corrected chi connectivity index (χ4v) is 4.21. The molecule has 0 spiro atoms. The Labute approximate surface area is 173 Å². The maximum Gasteiger partial charge on any atom is 0.261 e. The zero-order chi connectivity index (χ0) is 20.3. The lowest BCUT2D eigenvalue weighted by Crippen LogP contribution is -2.15. The van der Waals surface area contributed by atoms with Gasteiger partial charge in [0.05, 0.1) is 10.6 Å². The molecule has 5 nitrogen and oxygen atoms in total. The van der Waals surface area contributed by atoms with E-state index in [1.807, 2.05) is 6.07 Å². The minimum atomic E-state index is -3.85. The molecule has 1 amide bonds. The molecule has 0 saturated heterocycles. The van der Waals surface area contributed by atoms with Crippen molar-refractivity contribution in [3.05, 3.63) is 87.9 Å². The number of hydrogen-bond donors (Lipinski definition) is 2. The Morgan fingerprint density at radius 2 is 1.54 bits per heavy atom. The molecule has 0 saturated carbocycles. The molecule has 0 bridgehead atoms. The molecule has 8 heteroatoms. The fraction of sp³-hybridized carbons (Fsp3) is 0.0500. The Morgan fingerprint density at radius 1 is 0.893 bits per heavy atom. The van der Waals surface area contributed by atoms with Crippen LogP contribution in [-0.4, -0.2) is 14.3 Å². The van der Waals surface area contributed by atoms with Gasteiger partial charge in [-0.15, -0.1) is 0 Å². The molecule has 0 heterocycles. The van der Waals surface area contributed by atoms with Crippen LogP contribution in [0.3, 0.4) is 0 Å². The van der Waals surface area contributed by atoms with Crippen molar-refractivity contribution in [2.24, 2.45) is 0 Å². The van der Waals surface area contributed by atoms with Gasteiger partial charge in [-0.25, -0.2) is 8.42 Å². The number of hydrogen-bond acceptors (Lipinski definition) is 3. The largest absolute Gasteiger partial charge is 0.322 e. The molecule has 0 fully saturated rings. The van der Waals surface area contributed by atoms with Crippen molar-refractivity contribution in [3.63, 3.8) is 0 Å². The second kappa shape index (κ2) is 8.22. The van der Waals surface area contributed by atoms with E-state index in [9.17, 15) is 13.2 Å². The summed E-state index contributed by atoms with van der Waals surface area (Å²) in [6.45, 7) is 1.72. The summed E-state index contributed by atoms with van der Waals surface area (Å²) in [6.07, 6.45) is 0. The van der Waals surface area contributed by atoms with Gasteiger partial charge in [-0.3, -0.25) is 9.52 Å². The monoisotopic (exact) mass is 434 g/mol. The van der Waals surface area contributed by atoms with Crippen LogP contribution >= 0.6 is 23.2 Å². The van der Waals surface area contributed by atoms with Crippen molar-refractivity contribution in [1.82, 2.24) is 0 Å².